The van der Waals surface area contributed by atoms with Crippen LogP contribution in [0.25, 0.3) is 0 Å². The Kier molecular flexibility index (Phi) is 5.95. The van der Waals surface area contributed by atoms with Gasteiger partial charge in [-0.3, -0.25) is 4.79 Å². The summed E-state index contributed by atoms with van der Waals surface area (Å²) in [5.74, 6) is -0.594. The predicted molar refractivity (Wildman–Crippen MR) is 89.2 cm³/mol. The first-order chi connectivity index (χ1) is 11.5. The normalized spacial score (nSPS) is 11.6. The molecule has 1 atom stereocenters. The Morgan fingerprint density at radius 3 is 2.58 bits per heavy atom. The fourth-order valence-corrected chi connectivity index (χ4v) is 2.27. The fourth-order valence-electron chi connectivity index (χ4n) is 2.27. The SMILES string of the molecule is CC(=O)OC[C@@H](C)c1cccc(OCc2ccccc2C(=O)O)c1. The van der Waals surface area contributed by atoms with Crippen LogP contribution >= 0.6 is 0 Å². The summed E-state index contributed by atoms with van der Waals surface area (Å²) in [6, 6.07) is 14.2. The number of carbonyl (C=O) groups excluding carboxylic acids is 1. The topological polar surface area (TPSA) is 72.8 Å². The monoisotopic (exact) mass is 328 g/mol. The summed E-state index contributed by atoms with van der Waals surface area (Å²) >= 11 is 0. The molecule has 2 aromatic carbocycles. The number of hydrogen-bond acceptors (Lipinski definition) is 4. The minimum absolute atomic E-state index is 0.0451. The maximum Gasteiger partial charge on any atom is 0.336 e. The van der Waals surface area contributed by atoms with Crippen molar-refractivity contribution in [3.05, 3.63) is 65.2 Å². The lowest BCUT2D eigenvalue weighted by molar-refractivity contribution is -0.141. The highest BCUT2D eigenvalue weighted by molar-refractivity contribution is 5.89. The van der Waals surface area contributed by atoms with E-state index < -0.39 is 5.97 Å². The number of hydrogen-bond donors (Lipinski definition) is 1. The first kappa shape index (κ1) is 17.5. The molecule has 0 amide bonds. The number of ether oxygens (including phenoxy) is 2. The Hall–Kier alpha value is -2.82. The molecule has 0 spiro atoms. The van der Waals surface area contributed by atoms with Crippen LogP contribution in [0, 0.1) is 0 Å². The van der Waals surface area contributed by atoms with Gasteiger partial charge in [-0.15, -0.1) is 0 Å². The van der Waals surface area contributed by atoms with Gasteiger partial charge in [0.2, 0.25) is 0 Å². The van der Waals surface area contributed by atoms with Gasteiger partial charge < -0.3 is 14.6 Å². The van der Waals surface area contributed by atoms with Gasteiger partial charge in [-0.1, -0.05) is 37.3 Å². The van der Waals surface area contributed by atoms with E-state index in [4.69, 9.17) is 9.47 Å². The van der Waals surface area contributed by atoms with Crippen LogP contribution < -0.4 is 4.74 Å². The van der Waals surface area contributed by atoms with Crippen molar-refractivity contribution in [2.24, 2.45) is 0 Å². The van der Waals surface area contributed by atoms with E-state index in [2.05, 4.69) is 0 Å². The molecular formula is C19H20O5. The van der Waals surface area contributed by atoms with Gasteiger partial charge >= 0.3 is 11.9 Å². The number of carboxylic acid groups (broad SMARTS) is 1. The third-order valence-electron chi connectivity index (χ3n) is 3.61. The molecule has 0 aromatic heterocycles. The Balaban J connectivity index is 2.05. The molecule has 0 aliphatic rings. The smallest absolute Gasteiger partial charge is 0.336 e. The van der Waals surface area contributed by atoms with E-state index in [1.807, 2.05) is 31.2 Å². The summed E-state index contributed by atoms with van der Waals surface area (Å²) < 4.78 is 10.8. The maximum atomic E-state index is 11.2. The lowest BCUT2D eigenvalue weighted by Crippen LogP contribution is -2.08. The highest BCUT2D eigenvalue weighted by Crippen LogP contribution is 2.22. The third-order valence-corrected chi connectivity index (χ3v) is 3.61. The average Bonchev–Trinajstić information content (AvgIpc) is 2.58. The van der Waals surface area contributed by atoms with Gasteiger partial charge in [0.15, 0.2) is 0 Å². The molecule has 5 heteroatoms. The molecule has 126 valence electrons. The van der Waals surface area contributed by atoms with Crippen LogP contribution in [0.2, 0.25) is 0 Å². The zero-order valence-corrected chi connectivity index (χ0v) is 13.7. The molecule has 0 radical (unpaired) electrons. The van der Waals surface area contributed by atoms with Gasteiger partial charge in [0.05, 0.1) is 12.2 Å². The van der Waals surface area contributed by atoms with Crippen molar-refractivity contribution in [1.29, 1.82) is 0 Å². The molecule has 0 unspecified atom stereocenters. The van der Waals surface area contributed by atoms with Crippen molar-refractivity contribution in [2.75, 3.05) is 6.61 Å². The maximum absolute atomic E-state index is 11.2. The van der Waals surface area contributed by atoms with Gasteiger partial charge in [0.25, 0.3) is 0 Å². The second-order valence-electron chi connectivity index (χ2n) is 5.53. The molecule has 0 saturated carbocycles. The summed E-state index contributed by atoms with van der Waals surface area (Å²) in [5.41, 5.74) is 1.83. The second-order valence-corrected chi connectivity index (χ2v) is 5.53. The van der Waals surface area contributed by atoms with Gasteiger partial charge in [0, 0.05) is 18.4 Å². The van der Waals surface area contributed by atoms with E-state index in [-0.39, 0.29) is 24.1 Å². The quantitative estimate of drug-likeness (QED) is 0.786. The average molecular weight is 328 g/mol. The highest BCUT2D eigenvalue weighted by atomic mass is 16.5. The van der Waals surface area contributed by atoms with Crippen molar-refractivity contribution < 1.29 is 24.2 Å². The van der Waals surface area contributed by atoms with Crippen LogP contribution in [0.1, 0.15) is 41.3 Å². The highest BCUT2D eigenvalue weighted by Gasteiger charge is 2.11. The number of rotatable bonds is 7. The van der Waals surface area contributed by atoms with Crippen LogP contribution in [0.15, 0.2) is 48.5 Å². The molecule has 2 aromatic rings. The van der Waals surface area contributed by atoms with Crippen molar-refractivity contribution >= 4 is 11.9 Å². The molecule has 2 rings (SSSR count). The largest absolute Gasteiger partial charge is 0.489 e. The first-order valence-electron chi connectivity index (χ1n) is 7.64. The van der Waals surface area contributed by atoms with Crippen LogP contribution in [-0.4, -0.2) is 23.7 Å². The summed E-state index contributed by atoms with van der Waals surface area (Å²) in [5, 5.41) is 9.19. The number of benzene rings is 2. The number of aromatic carboxylic acids is 1. The molecule has 0 fully saturated rings. The lowest BCUT2D eigenvalue weighted by atomic mass is 10.0. The third kappa shape index (κ3) is 4.84. The predicted octanol–water partition coefficient (Wildman–Crippen LogP) is 3.63. The van der Waals surface area contributed by atoms with Crippen LogP contribution in [0.5, 0.6) is 5.75 Å². The van der Waals surface area contributed by atoms with E-state index >= 15 is 0 Å². The molecule has 0 bridgehead atoms. The van der Waals surface area contributed by atoms with E-state index in [1.54, 1.807) is 24.3 Å². The summed E-state index contributed by atoms with van der Waals surface area (Å²) in [7, 11) is 0. The number of carboxylic acids is 1. The molecule has 0 aliphatic carbocycles. The Morgan fingerprint density at radius 1 is 1.12 bits per heavy atom. The molecule has 24 heavy (non-hydrogen) atoms. The van der Waals surface area contributed by atoms with Gasteiger partial charge in [0.1, 0.15) is 12.4 Å². The zero-order valence-electron chi connectivity index (χ0n) is 13.7. The van der Waals surface area contributed by atoms with Gasteiger partial charge in [-0.25, -0.2) is 4.79 Å². The number of esters is 1. The standard InChI is InChI=1S/C19H20O5/c1-13(11-23-14(2)20)15-7-5-8-17(10-15)24-12-16-6-3-4-9-18(16)19(21)22/h3-10,13H,11-12H2,1-2H3,(H,21,22)/t13-/m1/s1. The molecule has 0 saturated heterocycles. The van der Waals surface area contributed by atoms with E-state index in [0.717, 1.165) is 5.56 Å². The van der Waals surface area contributed by atoms with Crippen molar-refractivity contribution in [2.45, 2.75) is 26.4 Å². The molecular weight excluding hydrogens is 308 g/mol. The minimum atomic E-state index is -0.974. The van der Waals surface area contributed by atoms with Gasteiger partial charge in [-0.05, 0) is 23.8 Å². The molecule has 1 N–H and O–H groups in total. The van der Waals surface area contributed by atoms with Crippen LogP contribution in [0.3, 0.4) is 0 Å². The second kappa shape index (κ2) is 8.15. The van der Waals surface area contributed by atoms with E-state index in [0.29, 0.717) is 17.9 Å². The molecule has 0 aliphatic heterocycles. The van der Waals surface area contributed by atoms with Crippen LogP contribution in [0.4, 0.5) is 0 Å². The minimum Gasteiger partial charge on any atom is -0.489 e. The molecule has 5 nitrogen and oxygen atoms in total. The van der Waals surface area contributed by atoms with Crippen molar-refractivity contribution in [1.82, 2.24) is 0 Å². The summed E-state index contributed by atoms with van der Waals surface area (Å²) in [6.07, 6.45) is 0. The number of carbonyl (C=O) groups is 2. The summed E-state index contributed by atoms with van der Waals surface area (Å²) in [4.78, 5) is 22.1. The fraction of sp³-hybridized carbons (Fsp3) is 0.263. The summed E-state index contributed by atoms with van der Waals surface area (Å²) in [6.45, 7) is 3.82. The Morgan fingerprint density at radius 2 is 1.88 bits per heavy atom. The van der Waals surface area contributed by atoms with E-state index in [1.165, 1.54) is 6.92 Å². The van der Waals surface area contributed by atoms with Crippen molar-refractivity contribution in [3.63, 3.8) is 0 Å². The Bertz CT molecular complexity index is 723. The lowest BCUT2D eigenvalue weighted by Gasteiger charge is -2.14. The van der Waals surface area contributed by atoms with Crippen LogP contribution in [-0.2, 0) is 16.1 Å². The van der Waals surface area contributed by atoms with Crippen molar-refractivity contribution in [3.8, 4) is 5.75 Å². The van der Waals surface area contributed by atoms with Gasteiger partial charge in [-0.2, -0.15) is 0 Å². The zero-order chi connectivity index (χ0) is 17.5. The molecule has 0 heterocycles. The first-order valence-corrected chi connectivity index (χ1v) is 7.64. The Labute approximate surface area is 140 Å². The van der Waals surface area contributed by atoms with E-state index in [9.17, 15) is 14.7 Å².